The molecule has 4 nitrogen and oxygen atoms in total. The van der Waals surface area contributed by atoms with Crippen molar-refractivity contribution in [1.82, 2.24) is 0 Å². The first-order chi connectivity index (χ1) is 9.60. The van der Waals surface area contributed by atoms with E-state index in [0.717, 1.165) is 5.56 Å². The zero-order valence-corrected chi connectivity index (χ0v) is 11.1. The van der Waals surface area contributed by atoms with Crippen molar-refractivity contribution in [2.45, 2.75) is 5.75 Å². The lowest BCUT2D eigenvalue weighted by Crippen LogP contribution is -1.92. The van der Waals surface area contributed by atoms with E-state index in [1.807, 2.05) is 0 Å². The number of hydrogen-bond acceptors (Lipinski definition) is 5. The fourth-order valence-corrected chi connectivity index (χ4v) is 2.13. The van der Waals surface area contributed by atoms with Crippen molar-refractivity contribution in [2.24, 2.45) is 0 Å². The minimum Gasteiger partial charge on any atom is -0.456 e. The molecule has 0 aliphatic heterocycles. The summed E-state index contributed by atoms with van der Waals surface area (Å²) < 4.78 is 36.6. The lowest BCUT2D eigenvalue weighted by molar-refractivity contribution is 0.474. The molecule has 0 amide bonds. The molecule has 0 bridgehead atoms. The van der Waals surface area contributed by atoms with Crippen molar-refractivity contribution in [1.29, 1.82) is 10.0 Å². The smallest absolute Gasteiger partial charge is 0.148 e. The van der Waals surface area contributed by atoms with Gasteiger partial charge in [-0.1, -0.05) is 29.5 Å². The summed E-state index contributed by atoms with van der Waals surface area (Å²) in [6.45, 7) is 0. The number of halogens is 1. The van der Waals surface area contributed by atoms with Crippen molar-refractivity contribution < 1.29 is 13.3 Å². The Balaban J connectivity index is 2.23. The topological polar surface area (TPSA) is 73.9 Å². The molecule has 0 unspecified atom stereocenters. The van der Waals surface area contributed by atoms with Gasteiger partial charge in [-0.05, 0) is 24.3 Å². The van der Waals surface area contributed by atoms with Gasteiger partial charge in [0.25, 0.3) is 0 Å². The summed E-state index contributed by atoms with van der Waals surface area (Å²) in [5.41, 5.74) is 0.592. The fourth-order valence-electron chi connectivity index (χ4n) is 1.63. The Kier molecular flexibility index (Phi) is 4.33. The molecule has 0 atom stereocenters. The van der Waals surface area contributed by atoms with Gasteiger partial charge < -0.3 is 13.7 Å². The molecule has 0 saturated carbocycles. The van der Waals surface area contributed by atoms with Crippen LogP contribution in [0.25, 0.3) is 0 Å². The number of nitrogens with one attached hydrogen (secondary N) is 1. The quantitative estimate of drug-likeness (QED) is 0.872. The summed E-state index contributed by atoms with van der Waals surface area (Å²) in [4.78, 5) is 0. The maximum absolute atomic E-state index is 13.4. The second-order valence-corrected chi connectivity index (χ2v) is 4.94. The first-order valence-electron chi connectivity index (χ1n) is 5.65. The molecule has 6 heteroatoms. The number of hydrogen-bond donors (Lipinski definition) is 1. The third-order valence-corrected chi connectivity index (χ3v) is 3.13. The van der Waals surface area contributed by atoms with Gasteiger partial charge in [0.05, 0.1) is 0 Å². The van der Waals surface area contributed by atoms with Crippen LogP contribution in [0.5, 0.6) is 11.5 Å². The third kappa shape index (κ3) is 3.33. The normalized spacial score (nSPS) is 10.2. The number of ether oxygens (including phenoxy) is 1. The molecule has 1 N–H and O–H groups in total. The SMILES string of the molecule is N#Cc1c(F)cccc1Oc1ccc(C[S-](=N)=O)cc1. The Morgan fingerprint density at radius 1 is 1.25 bits per heavy atom. The highest BCUT2D eigenvalue weighted by atomic mass is 32.2. The van der Waals surface area contributed by atoms with Crippen LogP contribution in [-0.4, -0.2) is 0 Å². The Labute approximate surface area is 117 Å². The van der Waals surface area contributed by atoms with Crippen molar-refractivity contribution >= 4 is 10.6 Å². The molecule has 0 aliphatic rings. The molecule has 0 radical (unpaired) electrons. The van der Waals surface area contributed by atoms with Crippen LogP contribution in [0.1, 0.15) is 11.1 Å². The average Bonchev–Trinajstić information content (AvgIpc) is 2.41. The summed E-state index contributed by atoms with van der Waals surface area (Å²) in [5.74, 6) is 0.0890. The summed E-state index contributed by atoms with van der Waals surface area (Å²) in [6.07, 6.45) is 0. The van der Waals surface area contributed by atoms with E-state index in [0.29, 0.717) is 5.75 Å². The first-order valence-corrected chi connectivity index (χ1v) is 6.97. The zero-order valence-electron chi connectivity index (χ0n) is 10.3. The largest absolute Gasteiger partial charge is 0.456 e. The lowest BCUT2D eigenvalue weighted by atomic mass is 10.2. The van der Waals surface area contributed by atoms with E-state index in [1.165, 1.54) is 18.2 Å². The highest BCUT2D eigenvalue weighted by Gasteiger charge is 2.09. The second kappa shape index (κ2) is 6.17. The van der Waals surface area contributed by atoms with Gasteiger partial charge in [0.15, 0.2) is 0 Å². The van der Waals surface area contributed by atoms with E-state index >= 15 is 0 Å². The molecule has 0 heterocycles. The molecule has 0 spiro atoms. The van der Waals surface area contributed by atoms with Gasteiger partial charge in [-0.3, -0.25) is 0 Å². The van der Waals surface area contributed by atoms with Crippen LogP contribution in [0.2, 0.25) is 0 Å². The van der Waals surface area contributed by atoms with Gasteiger partial charge in [-0.2, -0.15) is 15.9 Å². The molecule has 2 aromatic rings. The first kappa shape index (κ1) is 14.0. The number of nitrogens with zero attached hydrogens (tertiary/aromatic N) is 1. The molecule has 2 rings (SSSR count). The molecular weight excluding hydrogens is 279 g/mol. The van der Waals surface area contributed by atoms with Crippen LogP contribution in [-0.2, 0) is 20.6 Å². The van der Waals surface area contributed by atoms with E-state index in [4.69, 9.17) is 14.8 Å². The highest BCUT2D eigenvalue weighted by Crippen LogP contribution is 2.26. The van der Waals surface area contributed by atoms with Crippen LogP contribution >= 0.6 is 0 Å². The molecule has 0 fully saturated rings. The summed E-state index contributed by atoms with van der Waals surface area (Å²) in [6, 6.07) is 12.5. The van der Waals surface area contributed by atoms with Crippen molar-refractivity contribution in [3.05, 3.63) is 59.4 Å². The predicted molar refractivity (Wildman–Crippen MR) is 72.1 cm³/mol. The third-order valence-electron chi connectivity index (χ3n) is 2.54. The molecule has 0 saturated heterocycles. The van der Waals surface area contributed by atoms with E-state index in [2.05, 4.69) is 0 Å². The van der Waals surface area contributed by atoms with Crippen molar-refractivity contribution in [2.75, 3.05) is 0 Å². The summed E-state index contributed by atoms with van der Waals surface area (Å²) in [5, 5.41) is 8.90. The molecule has 0 aromatic heterocycles. The second-order valence-electron chi connectivity index (χ2n) is 3.96. The van der Waals surface area contributed by atoms with Gasteiger partial charge in [-0.15, -0.1) is 0 Å². The summed E-state index contributed by atoms with van der Waals surface area (Å²) in [7, 11) is -1.65. The molecule has 20 heavy (non-hydrogen) atoms. The Morgan fingerprint density at radius 3 is 2.55 bits per heavy atom. The van der Waals surface area contributed by atoms with Crippen LogP contribution in [0.4, 0.5) is 4.39 Å². The lowest BCUT2D eigenvalue weighted by Gasteiger charge is -2.09. The van der Waals surface area contributed by atoms with Gasteiger partial charge in [0.2, 0.25) is 0 Å². The van der Waals surface area contributed by atoms with E-state index in [1.54, 1.807) is 30.3 Å². The van der Waals surface area contributed by atoms with Crippen LogP contribution in [0, 0.1) is 21.9 Å². The minimum atomic E-state index is -1.65. The Bertz CT molecular complexity index is 726. The molecule has 102 valence electrons. The van der Waals surface area contributed by atoms with Crippen molar-refractivity contribution in [3.63, 3.8) is 0 Å². The summed E-state index contributed by atoms with van der Waals surface area (Å²) >= 11 is 0. The van der Waals surface area contributed by atoms with Gasteiger partial charge >= 0.3 is 0 Å². The van der Waals surface area contributed by atoms with Crippen LogP contribution in [0.15, 0.2) is 42.5 Å². The Morgan fingerprint density at radius 2 is 1.95 bits per heavy atom. The van der Waals surface area contributed by atoms with Crippen LogP contribution < -0.4 is 4.74 Å². The van der Waals surface area contributed by atoms with Crippen LogP contribution in [0.3, 0.4) is 0 Å². The van der Waals surface area contributed by atoms with Gasteiger partial charge in [0.1, 0.15) is 28.9 Å². The standard InChI is InChI=1S/C14H10FN2O2S/c15-13-2-1-3-14(12(13)8-16)19-11-6-4-10(5-7-11)9-20(17)18/h1-7,17H,9H2/q-1. The van der Waals surface area contributed by atoms with E-state index < -0.39 is 16.4 Å². The van der Waals surface area contributed by atoms with Gasteiger partial charge in [-0.25, -0.2) is 4.39 Å². The predicted octanol–water partition coefficient (Wildman–Crippen LogP) is 3.72. The average molecular weight is 289 g/mol. The number of rotatable bonds is 4. The number of benzene rings is 2. The monoisotopic (exact) mass is 289 g/mol. The zero-order chi connectivity index (χ0) is 14.5. The number of nitriles is 1. The highest BCUT2D eigenvalue weighted by molar-refractivity contribution is 7.72. The van der Waals surface area contributed by atoms with E-state index in [-0.39, 0.29) is 17.1 Å². The fraction of sp³-hybridized carbons (Fsp3) is 0.0714. The molecule has 0 aliphatic carbocycles. The Hall–Kier alpha value is -2.39. The molecular formula is C14H10FN2O2S-. The maximum atomic E-state index is 13.4. The minimum absolute atomic E-state index is 0.143. The maximum Gasteiger partial charge on any atom is 0.148 e. The van der Waals surface area contributed by atoms with Crippen molar-refractivity contribution in [3.8, 4) is 17.6 Å². The van der Waals surface area contributed by atoms with Gasteiger partial charge in [0, 0.05) is 0 Å². The molecule has 2 aromatic carbocycles. The van der Waals surface area contributed by atoms with E-state index in [9.17, 15) is 8.60 Å².